The van der Waals surface area contributed by atoms with Gasteiger partial charge in [0.15, 0.2) is 0 Å². The van der Waals surface area contributed by atoms with Crippen molar-refractivity contribution < 1.29 is 14.3 Å². The van der Waals surface area contributed by atoms with Crippen LogP contribution in [0.4, 0.5) is 10.5 Å². The van der Waals surface area contributed by atoms with Crippen molar-refractivity contribution in [2.45, 2.75) is 26.9 Å². The van der Waals surface area contributed by atoms with E-state index in [1.165, 1.54) is 23.8 Å². The van der Waals surface area contributed by atoms with E-state index in [1.807, 2.05) is 18.3 Å². The molecule has 1 aromatic heterocycles. The van der Waals surface area contributed by atoms with Gasteiger partial charge in [-0.2, -0.15) is 0 Å². The van der Waals surface area contributed by atoms with Gasteiger partial charge in [0.1, 0.15) is 0 Å². The predicted molar refractivity (Wildman–Crippen MR) is 113 cm³/mol. The van der Waals surface area contributed by atoms with Gasteiger partial charge in [0.25, 0.3) is 0 Å². The van der Waals surface area contributed by atoms with Crippen LogP contribution in [0, 0.1) is 13.8 Å². The van der Waals surface area contributed by atoms with E-state index in [9.17, 15) is 9.59 Å². The van der Waals surface area contributed by atoms with Crippen LogP contribution in [0.5, 0.6) is 0 Å². The molecular formula is C23H25N3O3. The quantitative estimate of drug-likeness (QED) is 0.617. The zero-order valence-electron chi connectivity index (χ0n) is 16.9. The van der Waals surface area contributed by atoms with E-state index in [1.54, 1.807) is 24.3 Å². The Bertz CT molecular complexity index is 1020. The lowest BCUT2D eigenvalue weighted by Crippen LogP contribution is -2.29. The number of anilines is 1. The number of carbonyl (C=O) groups is 2. The molecule has 6 nitrogen and oxygen atoms in total. The lowest BCUT2D eigenvalue weighted by atomic mass is 10.1. The Morgan fingerprint density at radius 3 is 2.66 bits per heavy atom. The number of methoxy groups -OCH3 is 1. The van der Waals surface area contributed by atoms with Gasteiger partial charge >= 0.3 is 12.0 Å². The topological polar surface area (TPSA) is 72.4 Å². The lowest BCUT2D eigenvalue weighted by molar-refractivity contribution is 0.0600. The number of esters is 1. The van der Waals surface area contributed by atoms with Crippen molar-refractivity contribution in [3.8, 4) is 0 Å². The highest BCUT2D eigenvalue weighted by Gasteiger charge is 2.09. The Hall–Kier alpha value is -3.54. The number of nitrogens with one attached hydrogen (secondary N) is 2. The largest absolute Gasteiger partial charge is 0.465 e. The second kappa shape index (κ2) is 9.10. The van der Waals surface area contributed by atoms with Crippen molar-refractivity contribution in [2.75, 3.05) is 12.4 Å². The van der Waals surface area contributed by atoms with E-state index in [0.717, 1.165) is 12.2 Å². The molecule has 0 unspecified atom stereocenters. The average molecular weight is 391 g/mol. The Balaban J connectivity index is 1.61. The first-order valence-corrected chi connectivity index (χ1v) is 9.39. The molecule has 0 aliphatic heterocycles. The monoisotopic (exact) mass is 391 g/mol. The first kappa shape index (κ1) is 20.2. The summed E-state index contributed by atoms with van der Waals surface area (Å²) < 4.78 is 6.83. The number of urea groups is 1. The molecule has 0 aliphatic rings. The third kappa shape index (κ3) is 5.25. The van der Waals surface area contributed by atoms with Gasteiger partial charge < -0.3 is 19.9 Å². The number of nitrogens with zero attached hydrogens (tertiary/aromatic N) is 1. The number of hydrogen-bond donors (Lipinski definition) is 2. The van der Waals surface area contributed by atoms with Crippen molar-refractivity contribution in [2.24, 2.45) is 0 Å². The molecule has 3 aromatic rings. The minimum atomic E-state index is -0.446. The van der Waals surface area contributed by atoms with Crippen LogP contribution in [-0.2, 0) is 17.8 Å². The maximum Gasteiger partial charge on any atom is 0.337 e. The van der Waals surface area contributed by atoms with Crippen LogP contribution in [0.2, 0.25) is 0 Å². The molecule has 0 saturated heterocycles. The van der Waals surface area contributed by atoms with Gasteiger partial charge in [-0.15, -0.1) is 0 Å². The molecule has 6 heteroatoms. The van der Waals surface area contributed by atoms with Crippen LogP contribution in [0.3, 0.4) is 0 Å². The van der Waals surface area contributed by atoms with Crippen molar-refractivity contribution in [3.05, 3.63) is 88.7 Å². The minimum absolute atomic E-state index is 0.341. The molecule has 0 bridgehead atoms. The molecule has 0 saturated carbocycles. The van der Waals surface area contributed by atoms with Gasteiger partial charge in [-0.1, -0.05) is 29.8 Å². The zero-order valence-corrected chi connectivity index (χ0v) is 16.9. The van der Waals surface area contributed by atoms with Crippen LogP contribution in [-0.4, -0.2) is 23.7 Å². The molecule has 0 atom stereocenters. The highest BCUT2D eigenvalue weighted by Crippen LogP contribution is 2.15. The van der Waals surface area contributed by atoms with E-state index in [-0.39, 0.29) is 6.03 Å². The molecule has 0 spiro atoms. The fourth-order valence-corrected chi connectivity index (χ4v) is 3.11. The molecule has 1 heterocycles. The van der Waals surface area contributed by atoms with Gasteiger partial charge in [0.05, 0.1) is 19.2 Å². The molecule has 0 radical (unpaired) electrons. The van der Waals surface area contributed by atoms with Gasteiger partial charge in [-0.25, -0.2) is 9.59 Å². The van der Waals surface area contributed by atoms with E-state index in [2.05, 4.69) is 47.2 Å². The highest BCUT2D eigenvalue weighted by molar-refractivity contribution is 5.93. The van der Waals surface area contributed by atoms with Crippen LogP contribution >= 0.6 is 0 Å². The minimum Gasteiger partial charge on any atom is -0.465 e. The summed E-state index contributed by atoms with van der Waals surface area (Å²) in [6.07, 6.45) is 2.01. The summed E-state index contributed by atoms with van der Waals surface area (Å²) >= 11 is 0. The predicted octanol–water partition coefficient (Wildman–Crippen LogP) is 4.26. The van der Waals surface area contributed by atoms with Crippen LogP contribution in [0.15, 0.2) is 60.8 Å². The number of benzene rings is 2. The Morgan fingerprint density at radius 2 is 1.86 bits per heavy atom. The number of ether oxygens (including phenoxy) is 1. The van der Waals surface area contributed by atoms with E-state index in [4.69, 9.17) is 4.74 Å². The van der Waals surface area contributed by atoms with Gasteiger partial charge in [-0.05, 0) is 55.3 Å². The maximum absolute atomic E-state index is 12.3. The van der Waals surface area contributed by atoms with Crippen LogP contribution < -0.4 is 10.6 Å². The second-order valence-electron chi connectivity index (χ2n) is 6.94. The molecule has 150 valence electrons. The Labute approximate surface area is 170 Å². The standard InChI is InChI=1S/C23H25N3O3/c1-16-9-10-17(2)19(12-16)15-26-11-5-8-21(26)14-24-23(28)25-20-7-4-6-18(13-20)22(27)29-3/h4-13H,14-15H2,1-3H3,(H2,24,25,28). The molecule has 3 rings (SSSR count). The zero-order chi connectivity index (χ0) is 20.8. The third-order valence-corrected chi connectivity index (χ3v) is 4.74. The van der Waals surface area contributed by atoms with Crippen molar-refractivity contribution in [1.82, 2.24) is 9.88 Å². The van der Waals surface area contributed by atoms with Crippen LogP contribution in [0.25, 0.3) is 0 Å². The molecule has 0 fully saturated rings. The molecule has 2 amide bonds. The summed E-state index contributed by atoms with van der Waals surface area (Å²) in [4.78, 5) is 23.9. The van der Waals surface area contributed by atoms with Crippen molar-refractivity contribution >= 4 is 17.7 Å². The normalized spacial score (nSPS) is 10.4. The first-order chi connectivity index (χ1) is 14.0. The third-order valence-electron chi connectivity index (χ3n) is 4.74. The highest BCUT2D eigenvalue weighted by atomic mass is 16.5. The van der Waals surface area contributed by atoms with E-state index < -0.39 is 5.97 Å². The van der Waals surface area contributed by atoms with Gasteiger partial charge in [0.2, 0.25) is 0 Å². The van der Waals surface area contributed by atoms with Crippen LogP contribution in [0.1, 0.15) is 32.7 Å². The number of aromatic nitrogens is 1. The van der Waals surface area contributed by atoms with Crippen molar-refractivity contribution in [3.63, 3.8) is 0 Å². The summed E-state index contributed by atoms with van der Waals surface area (Å²) in [5.41, 5.74) is 5.64. The fourth-order valence-electron chi connectivity index (χ4n) is 3.11. The number of hydrogen-bond acceptors (Lipinski definition) is 3. The smallest absolute Gasteiger partial charge is 0.337 e. The number of rotatable bonds is 6. The summed E-state index contributed by atoms with van der Waals surface area (Å²) in [6.45, 7) is 5.33. The first-order valence-electron chi connectivity index (χ1n) is 9.39. The number of carbonyl (C=O) groups excluding carboxylic acids is 2. The number of aryl methyl sites for hydroxylation is 2. The molecule has 0 aliphatic carbocycles. The fraction of sp³-hybridized carbons (Fsp3) is 0.217. The summed E-state index contributed by atoms with van der Waals surface area (Å²) in [5.74, 6) is -0.446. The lowest BCUT2D eigenvalue weighted by Gasteiger charge is -2.13. The SMILES string of the molecule is COC(=O)c1cccc(NC(=O)NCc2cccn2Cc2cc(C)ccc2C)c1. The molecular weight excluding hydrogens is 366 g/mol. The molecule has 2 aromatic carbocycles. The summed E-state index contributed by atoms with van der Waals surface area (Å²) in [7, 11) is 1.32. The Morgan fingerprint density at radius 1 is 1.03 bits per heavy atom. The van der Waals surface area contributed by atoms with E-state index >= 15 is 0 Å². The van der Waals surface area contributed by atoms with E-state index in [0.29, 0.717) is 17.8 Å². The maximum atomic E-state index is 12.3. The summed E-state index contributed by atoms with van der Waals surface area (Å²) in [5, 5.41) is 5.60. The Kier molecular flexibility index (Phi) is 6.34. The molecule has 2 N–H and O–H groups in total. The summed E-state index contributed by atoms with van der Waals surface area (Å²) in [6, 6.07) is 16.7. The average Bonchev–Trinajstić information content (AvgIpc) is 3.15. The van der Waals surface area contributed by atoms with Gasteiger partial charge in [-0.3, -0.25) is 0 Å². The van der Waals surface area contributed by atoms with Crippen molar-refractivity contribution in [1.29, 1.82) is 0 Å². The van der Waals surface area contributed by atoms with Gasteiger partial charge in [0, 0.05) is 24.1 Å². The molecule has 29 heavy (non-hydrogen) atoms. The second-order valence-corrected chi connectivity index (χ2v) is 6.94. The number of amides is 2.